The van der Waals surface area contributed by atoms with Gasteiger partial charge in [-0.1, -0.05) is 18.6 Å². The minimum absolute atomic E-state index is 0.0803. The van der Waals surface area contributed by atoms with Crippen molar-refractivity contribution in [3.8, 4) is 0 Å². The summed E-state index contributed by atoms with van der Waals surface area (Å²) in [5, 5.41) is 12.3. The summed E-state index contributed by atoms with van der Waals surface area (Å²) in [5.74, 6) is -0.0803. The number of anilines is 2. The zero-order valence-electron chi connectivity index (χ0n) is 11.9. The molecule has 2 unspecified atom stereocenters. The highest BCUT2D eigenvalue weighted by atomic mass is 16.3. The van der Waals surface area contributed by atoms with Crippen LogP contribution >= 0.6 is 0 Å². The maximum absolute atomic E-state index is 12.3. The van der Waals surface area contributed by atoms with Gasteiger partial charge in [0, 0.05) is 6.04 Å². The highest BCUT2D eigenvalue weighted by Crippen LogP contribution is 2.21. The molecule has 110 valence electrons. The Morgan fingerprint density at radius 1 is 1.50 bits per heavy atom. The minimum Gasteiger partial charge on any atom is -0.397 e. The molecule has 0 aliphatic carbocycles. The Bertz CT molecular complexity index is 464. The number of likely N-dealkylation sites (tertiary alicyclic amines) is 1. The van der Waals surface area contributed by atoms with Crippen LogP contribution in [-0.4, -0.2) is 41.1 Å². The van der Waals surface area contributed by atoms with Gasteiger partial charge in [0.15, 0.2) is 0 Å². The Hall–Kier alpha value is -1.59. The fourth-order valence-corrected chi connectivity index (χ4v) is 2.73. The molecule has 1 aromatic rings. The zero-order valence-corrected chi connectivity index (χ0v) is 11.9. The Kier molecular flexibility index (Phi) is 4.98. The molecule has 1 amide bonds. The lowest BCUT2D eigenvalue weighted by atomic mass is 10.0. The number of nitrogen functional groups attached to an aromatic ring is 1. The molecule has 2 rings (SSSR count). The lowest BCUT2D eigenvalue weighted by molar-refractivity contribution is -0.122. The van der Waals surface area contributed by atoms with E-state index in [1.165, 1.54) is 0 Å². The van der Waals surface area contributed by atoms with Crippen molar-refractivity contribution in [2.24, 2.45) is 0 Å². The summed E-state index contributed by atoms with van der Waals surface area (Å²) in [6.07, 6.45) is 3.13. The Morgan fingerprint density at radius 2 is 2.25 bits per heavy atom. The maximum Gasteiger partial charge on any atom is 0.241 e. The Labute approximate surface area is 119 Å². The van der Waals surface area contributed by atoms with Crippen molar-refractivity contribution in [1.82, 2.24) is 4.90 Å². The van der Waals surface area contributed by atoms with Crippen LogP contribution < -0.4 is 11.1 Å². The second-order valence-electron chi connectivity index (χ2n) is 5.32. The number of aliphatic hydroxyl groups excluding tert-OH is 1. The number of hydrogen-bond donors (Lipinski definition) is 3. The quantitative estimate of drug-likeness (QED) is 0.728. The van der Waals surface area contributed by atoms with E-state index in [0.717, 1.165) is 25.8 Å². The van der Waals surface area contributed by atoms with Crippen molar-refractivity contribution >= 4 is 17.3 Å². The molecular weight excluding hydrogens is 254 g/mol. The van der Waals surface area contributed by atoms with E-state index in [4.69, 9.17) is 5.73 Å². The van der Waals surface area contributed by atoms with Gasteiger partial charge in [0.2, 0.25) is 5.91 Å². The number of rotatable bonds is 4. The number of hydrogen-bond acceptors (Lipinski definition) is 4. The van der Waals surface area contributed by atoms with Crippen molar-refractivity contribution in [3.05, 3.63) is 24.3 Å². The van der Waals surface area contributed by atoms with E-state index in [1.54, 1.807) is 12.1 Å². The molecule has 2 atom stereocenters. The number of para-hydroxylation sites is 2. The van der Waals surface area contributed by atoms with Gasteiger partial charge in [-0.05, 0) is 38.4 Å². The summed E-state index contributed by atoms with van der Waals surface area (Å²) in [7, 11) is 0. The van der Waals surface area contributed by atoms with E-state index in [9.17, 15) is 9.90 Å². The maximum atomic E-state index is 12.3. The summed E-state index contributed by atoms with van der Waals surface area (Å²) < 4.78 is 0. The van der Waals surface area contributed by atoms with Gasteiger partial charge in [-0.25, -0.2) is 0 Å². The minimum atomic E-state index is -0.271. The average molecular weight is 277 g/mol. The second kappa shape index (κ2) is 6.72. The number of aliphatic hydroxyl groups is 1. The molecule has 1 saturated heterocycles. The molecule has 5 heteroatoms. The second-order valence-corrected chi connectivity index (χ2v) is 5.32. The molecule has 0 bridgehead atoms. The third-order valence-electron chi connectivity index (χ3n) is 3.98. The van der Waals surface area contributed by atoms with Crippen molar-refractivity contribution in [1.29, 1.82) is 0 Å². The van der Waals surface area contributed by atoms with Crippen molar-refractivity contribution in [3.63, 3.8) is 0 Å². The number of piperidine rings is 1. The lowest BCUT2D eigenvalue weighted by Crippen LogP contribution is -2.51. The topological polar surface area (TPSA) is 78.6 Å². The fraction of sp³-hybridized carbons (Fsp3) is 0.533. The normalized spacial score (nSPS) is 21.4. The van der Waals surface area contributed by atoms with Crippen LogP contribution in [0.1, 0.15) is 26.2 Å². The number of nitrogens with two attached hydrogens (primary N) is 1. The highest BCUT2D eigenvalue weighted by molar-refractivity contribution is 5.97. The van der Waals surface area contributed by atoms with E-state index in [2.05, 4.69) is 10.2 Å². The van der Waals surface area contributed by atoms with Crippen molar-refractivity contribution in [2.45, 2.75) is 38.3 Å². The van der Waals surface area contributed by atoms with Crippen LogP contribution in [0.15, 0.2) is 24.3 Å². The molecule has 1 heterocycles. The molecule has 1 aliphatic heterocycles. The summed E-state index contributed by atoms with van der Waals surface area (Å²) in [4.78, 5) is 14.4. The molecule has 0 aromatic heterocycles. The Balaban J connectivity index is 2.03. The smallest absolute Gasteiger partial charge is 0.241 e. The third kappa shape index (κ3) is 3.29. The molecule has 0 saturated carbocycles. The molecule has 1 fully saturated rings. The third-order valence-corrected chi connectivity index (χ3v) is 3.98. The summed E-state index contributed by atoms with van der Waals surface area (Å²) in [5.41, 5.74) is 7.03. The average Bonchev–Trinajstić information content (AvgIpc) is 2.48. The van der Waals surface area contributed by atoms with Crippen LogP contribution in [0, 0.1) is 0 Å². The number of benzene rings is 1. The molecular formula is C15H23N3O2. The SMILES string of the molecule is CC(C(=O)Nc1ccccc1N)N1CCCCC1CO. The largest absolute Gasteiger partial charge is 0.397 e. The van der Waals surface area contributed by atoms with Gasteiger partial charge in [-0.15, -0.1) is 0 Å². The first kappa shape index (κ1) is 14.8. The van der Waals surface area contributed by atoms with Gasteiger partial charge in [0.1, 0.15) is 0 Å². The van der Waals surface area contributed by atoms with Gasteiger partial charge in [-0.3, -0.25) is 9.69 Å². The molecule has 5 nitrogen and oxygen atoms in total. The van der Waals surface area contributed by atoms with E-state index < -0.39 is 0 Å². The molecule has 20 heavy (non-hydrogen) atoms. The van der Waals surface area contributed by atoms with Gasteiger partial charge in [0.05, 0.1) is 24.0 Å². The first-order valence-electron chi connectivity index (χ1n) is 7.15. The van der Waals surface area contributed by atoms with Gasteiger partial charge < -0.3 is 16.2 Å². The number of amides is 1. The highest BCUT2D eigenvalue weighted by Gasteiger charge is 2.29. The van der Waals surface area contributed by atoms with Gasteiger partial charge in [-0.2, -0.15) is 0 Å². The lowest BCUT2D eigenvalue weighted by Gasteiger charge is -2.38. The molecule has 1 aliphatic rings. The van der Waals surface area contributed by atoms with E-state index in [0.29, 0.717) is 11.4 Å². The monoisotopic (exact) mass is 277 g/mol. The first-order valence-corrected chi connectivity index (χ1v) is 7.15. The zero-order chi connectivity index (χ0) is 14.5. The molecule has 0 spiro atoms. The Morgan fingerprint density at radius 3 is 2.95 bits per heavy atom. The van der Waals surface area contributed by atoms with Crippen LogP contribution in [0.2, 0.25) is 0 Å². The summed E-state index contributed by atoms with van der Waals surface area (Å²) in [6.45, 7) is 2.83. The fourth-order valence-electron chi connectivity index (χ4n) is 2.73. The summed E-state index contributed by atoms with van der Waals surface area (Å²) >= 11 is 0. The van der Waals surface area contributed by atoms with E-state index in [1.807, 2.05) is 19.1 Å². The van der Waals surface area contributed by atoms with Gasteiger partial charge in [0.25, 0.3) is 0 Å². The number of nitrogens with zero attached hydrogens (tertiary/aromatic N) is 1. The first-order chi connectivity index (χ1) is 9.63. The van der Waals surface area contributed by atoms with Crippen LogP contribution in [0.25, 0.3) is 0 Å². The van der Waals surface area contributed by atoms with Crippen molar-refractivity contribution < 1.29 is 9.90 Å². The standard InChI is InChI=1S/C15H23N3O2/c1-11(18-9-5-4-6-12(18)10-19)15(20)17-14-8-3-2-7-13(14)16/h2-3,7-8,11-12,19H,4-6,9-10,16H2,1H3,(H,17,20). The number of carbonyl (C=O) groups excluding carboxylic acids is 1. The van der Waals surface area contributed by atoms with Crippen LogP contribution in [-0.2, 0) is 4.79 Å². The molecule has 4 N–H and O–H groups in total. The van der Waals surface area contributed by atoms with Crippen LogP contribution in [0.5, 0.6) is 0 Å². The molecule has 0 radical (unpaired) electrons. The van der Waals surface area contributed by atoms with Crippen molar-refractivity contribution in [2.75, 3.05) is 24.2 Å². The number of carbonyl (C=O) groups is 1. The van der Waals surface area contributed by atoms with Crippen LogP contribution in [0.4, 0.5) is 11.4 Å². The number of nitrogens with one attached hydrogen (secondary N) is 1. The van der Waals surface area contributed by atoms with E-state index in [-0.39, 0.29) is 24.6 Å². The predicted molar refractivity (Wildman–Crippen MR) is 80.4 cm³/mol. The van der Waals surface area contributed by atoms with Gasteiger partial charge >= 0.3 is 0 Å². The molecule has 1 aromatic carbocycles. The van der Waals surface area contributed by atoms with Crippen LogP contribution in [0.3, 0.4) is 0 Å². The predicted octanol–water partition coefficient (Wildman–Crippen LogP) is 1.44. The summed E-state index contributed by atoms with van der Waals surface area (Å²) in [6, 6.07) is 7.04. The van der Waals surface area contributed by atoms with E-state index >= 15 is 0 Å².